The highest BCUT2D eigenvalue weighted by molar-refractivity contribution is 5.25. The van der Waals surface area contributed by atoms with Gasteiger partial charge in [-0.25, -0.2) is 0 Å². The van der Waals surface area contributed by atoms with E-state index in [1.807, 2.05) is 12.1 Å². The second-order valence-corrected chi connectivity index (χ2v) is 6.28. The summed E-state index contributed by atoms with van der Waals surface area (Å²) in [6.07, 6.45) is 7.29. The van der Waals surface area contributed by atoms with E-state index >= 15 is 0 Å². The largest absolute Gasteiger partial charge is 0.508 e. The van der Waals surface area contributed by atoms with Gasteiger partial charge in [-0.2, -0.15) is 0 Å². The number of hydrogen-bond donors (Lipinski definition) is 2. The molecule has 1 aromatic carbocycles. The molecule has 1 aliphatic rings. The Morgan fingerprint density at radius 3 is 2.81 bits per heavy atom. The maximum absolute atomic E-state index is 9.29. The first-order chi connectivity index (χ1) is 10.2. The smallest absolute Gasteiger partial charge is 0.115 e. The molecule has 0 aliphatic carbocycles. The second kappa shape index (κ2) is 8.40. The molecular formula is C18H29NO2. The zero-order valence-electron chi connectivity index (χ0n) is 13.3. The topological polar surface area (TPSA) is 41.5 Å². The third-order valence-corrected chi connectivity index (χ3v) is 4.30. The first kappa shape index (κ1) is 16.3. The fraction of sp³-hybridized carbons (Fsp3) is 0.667. The van der Waals surface area contributed by atoms with Crippen LogP contribution in [-0.4, -0.2) is 29.9 Å². The van der Waals surface area contributed by atoms with Gasteiger partial charge < -0.3 is 15.2 Å². The van der Waals surface area contributed by atoms with E-state index in [0.717, 1.165) is 32.3 Å². The molecule has 0 aromatic heterocycles. The zero-order chi connectivity index (χ0) is 15.1. The second-order valence-electron chi connectivity index (χ2n) is 6.28. The van der Waals surface area contributed by atoms with Crippen LogP contribution in [0.25, 0.3) is 0 Å². The predicted molar refractivity (Wildman–Crippen MR) is 86.7 cm³/mol. The van der Waals surface area contributed by atoms with E-state index in [1.165, 1.54) is 18.4 Å². The summed E-state index contributed by atoms with van der Waals surface area (Å²) < 4.78 is 5.81. The Morgan fingerprint density at radius 2 is 2.10 bits per heavy atom. The van der Waals surface area contributed by atoms with Crippen LogP contribution in [0.3, 0.4) is 0 Å². The van der Waals surface area contributed by atoms with E-state index in [-0.39, 0.29) is 0 Å². The van der Waals surface area contributed by atoms with Crippen molar-refractivity contribution in [1.82, 2.24) is 5.32 Å². The van der Waals surface area contributed by atoms with Crippen molar-refractivity contribution in [2.75, 3.05) is 6.61 Å². The van der Waals surface area contributed by atoms with Crippen molar-refractivity contribution < 1.29 is 9.84 Å². The van der Waals surface area contributed by atoms with Crippen LogP contribution in [0.2, 0.25) is 0 Å². The van der Waals surface area contributed by atoms with Gasteiger partial charge in [-0.05, 0) is 56.7 Å². The molecule has 3 heteroatoms. The molecule has 0 saturated carbocycles. The van der Waals surface area contributed by atoms with Gasteiger partial charge in [-0.15, -0.1) is 0 Å². The first-order valence-corrected chi connectivity index (χ1v) is 8.33. The van der Waals surface area contributed by atoms with Crippen LogP contribution in [0, 0.1) is 0 Å². The van der Waals surface area contributed by atoms with E-state index in [4.69, 9.17) is 4.74 Å². The van der Waals surface area contributed by atoms with Crippen molar-refractivity contribution >= 4 is 0 Å². The number of phenolic OH excluding ortho intramolecular Hbond substituents is 1. The molecule has 118 valence electrons. The molecule has 3 atom stereocenters. The molecule has 1 aliphatic heterocycles. The molecule has 2 rings (SSSR count). The number of hydrogen-bond acceptors (Lipinski definition) is 3. The summed E-state index contributed by atoms with van der Waals surface area (Å²) in [5.41, 5.74) is 1.29. The van der Waals surface area contributed by atoms with Crippen molar-refractivity contribution in [3.05, 3.63) is 29.8 Å². The maximum Gasteiger partial charge on any atom is 0.115 e. The van der Waals surface area contributed by atoms with E-state index in [0.29, 0.717) is 23.9 Å². The highest BCUT2D eigenvalue weighted by atomic mass is 16.5. The summed E-state index contributed by atoms with van der Waals surface area (Å²) in [4.78, 5) is 0. The maximum atomic E-state index is 9.29. The number of ether oxygens (including phenoxy) is 1. The molecule has 1 saturated heterocycles. The quantitative estimate of drug-likeness (QED) is 0.805. The SMILES string of the molecule is CCCC1CC(NC(C)CCc2ccc(O)cc2)CCO1. The summed E-state index contributed by atoms with van der Waals surface area (Å²) in [5.74, 6) is 0.342. The molecule has 0 amide bonds. The van der Waals surface area contributed by atoms with Crippen molar-refractivity contribution in [2.24, 2.45) is 0 Å². The highest BCUT2D eigenvalue weighted by Gasteiger charge is 2.22. The lowest BCUT2D eigenvalue weighted by Gasteiger charge is -2.32. The molecule has 1 heterocycles. The summed E-state index contributed by atoms with van der Waals surface area (Å²) in [6.45, 7) is 5.39. The number of aryl methyl sites for hydroxylation is 1. The minimum Gasteiger partial charge on any atom is -0.508 e. The lowest BCUT2D eigenvalue weighted by Crippen LogP contribution is -2.43. The molecule has 0 radical (unpaired) electrons. The number of nitrogens with one attached hydrogen (secondary N) is 1. The van der Waals surface area contributed by atoms with Gasteiger partial charge in [0.2, 0.25) is 0 Å². The van der Waals surface area contributed by atoms with Crippen LogP contribution in [0.5, 0.6) is 5.75 Å². The lowest BCUT2D eigenvalue weighted by molar-refractivity contribution is -0.00480. The molecule has 2 N–H and O–H groups in total. The molecule has 1 fully saturated rings. The normalized spacial score (nSPS) is 23.9. The van der Waals surface area contributed by atoms with Gasteiger partial charge >= 0.3 is 0 Å². The summed E-state index contributed by atoms with van der Waals surface area (Å²) in [5, 5.41) is 13.1. The molecule has 3 unspecified atom stereocenters. The van der Waals surface area contributed by atoms with Crippen molar-refractivity contribution in [3.63, 3.8) is 0 Å². The van der Waals surface area contributed by atoms with Gasteiger partial charge in [0.05, 0.1) is 6.10 Å². The number of phenols is 1. The van der Waals surface area contributed by atoms with Crippen LogP contribution < -0.4 is 5.32 Å². The van der Waals surface area contributed by atoms with E-state index in [1.54, 1.807) is 12.1 Å². The van der Waals surface area contributed by atoms with Gasteiger partial charge in [0.1, 0.15) is 5.75 Å². The summed E-state index contributed by atoms with van der Waals surface area (Å²) in [7, 11) is 0. The molecular weight excluding hydrogens is 262 g/mol. The molecule has 21 heavy (non-hydrogen) atoms. The van der Waals surface area contributed by atoms with E-state index < -0.39 is 0 Å². The van der Waals surface area contributed by atoms with Gasteiger partial charge in [0, 0.05) is 18.7 Å². The van der Waals surface area contributed by atoms with Crippen LogP contribution in [0.15, 0.2) is 24.3 Å². The Hall–Kier alpha value is -1.06. The van der Waals surface area contributed by atoms with Gasteiger partial charge in [0.25, 0.3) is 0 Å². The minimum atomic E-state index is 0.342. The molecule has 3 nitrogen and oxygen atoms in total. The fourth-order valence-electron chi connectivity index (χ4n) is 3.09. The van der Waals surface area contributed by atoms with Crippen LogP contribution in [-0.2, 0) is 11.2 Å². The third-order valence-electron chi connectivity index (χ3n) is 4.30. The summed E-state index contributed by atoms with van der Waals surface area (Å²) in [6, 6.07) is 8.67. The molecule has 1 aromatic rings. The van der Waals surface area contributed by atoms with Gasteiger partial charge in [-0.1, -0.05) is 25.5 Å². The van der Waals surface area contributed by atoms with Crippen LogP contribution >= 0.6 is 0 Å². The van der Waals surface area contributed by atoms with Gasteiger partial charge in [-0.3, -0.25) is 0 Å². The highest BCUT2D eigenvalue weighted by Crippen LogP contribution is 2.19. The summed E-state index contributed by atoms with van der Waals surface area (Å²) >= 11 is 0. The Labute approximate surface area is 128 Å². The number of benzene rings is 1. The number of aromatic hydroxyl groups is 1. The Kier molecular flexibility index (Phi) is 6.52. The fourth-order valence-corrected chi connectivity index (χ4v) is 3.09. The van der Waals surface area contributed by atoms with E-state index in [9.17, 15) is 5.11 Å². The predicted octanol–water partition coefficient (Wildman–Crippen LogP) is 3.65. The van der Waals surface area contributed by atoms with E-state index in [2.05, 4.69) is 19.2 Å². The van der Waals surface area contributed by atoms with Crippen molar-refractivity contribution in [1.29, 1.82) is 0 Å². The Morgan fingerprint density at radius 1 is 1.33 bits per heavy atom. The minimum absolute atomic E-state index is 0.342. The first-order valence-electron chi connectivity index (χ1n) is 8.33. The Balaban J connectivity index is 1.71. The van der Waals surface area contributed by atoms with Crippen LogP contribution in [0.4, 0.5) is 0 Å². The van der Waals surface area contributed by atoms with Crippen molar-refractivity contribution in [3.8, 4) is 5.75 Å². The molecule has 0 spiro atoms. The third kappa shape index (κ3) is 5.68. The lowest BCUT2D eigenvalue weighted by atomic mass is 9.98. The van der Waals surface area contributed by atoms with Crippen LogP contribution in [0.1, 0.15) is 51.5 Å². The Bertz CT molecular complexity index is 402. The average Bonchev–Trinajstić information content (AvgIpc) is 2.47. The number of rotatable bonds is 7. The molecule has 0 bridgehead atoms. The van der Waals surface area contributed by atoms with Crippen molar-refractivity contribution in [2.45, 2.75) is 70.6 Å². The zero-order valence-corrected chi connectivity index (χ0v) is 13.3. The average molecular weight is 291 g/mol. The standard InChI is InChI=1S/C18H29NO2/c1-3-4-18-13-16(11-12-21-18)19-14(2)5-6-15-7-9-17(20)10-8-15/h7-10,14,16,18-20H,3-6,11-13H2,1-2H3. The van der Waals surface area contributed by atoms with Gasteiger partial charge in [0.15, 0.2) is 0 Å². The monoisotopic (exact) mass is 291 g/mol.